The van der Waals surface area contributed by atoms with E-state index in [1.165, 1.54) is 18.5 Å². The van der Waals surface area contributed by atoms with Crippen LogP contribution < -0.4 is 10.7 Å². The van der Waals surface area contributed by atoms with E-state index >= 15 is 0 Å². The summed E-state index contributed by atoms with van der Waals surface area (Å²) in [7, 11) is -3.76. The lowest BCUT2D eigenvalue weighted by atomic mass is 10.1. The van der Waals surface area contributed by atoms with E-state index in [9.17, 15) is 13.2 Å². The smallest absolute Gasteiger partial charge is 0.275 e. The highest BCUT2D eigenvalue weighted by Gasteiger charge is 2.16. The number of nitrogens with two attached hydrogens (primary N) is 1. The normalized spacial score (nSPS) is 11.7. The highest BCUT2D eigenvalue weighted by molar-refractivity contribution is 7.89. The number of hydrogen-bond donors (Lipinski definition) is 2. The zero-order valence-electron chi connectivity index (χ0n) is 13.5. The summed E-state index contributed by atoms with van der Waals surface area (Å²) in [5.41, 5.74) is 2.96. The fourth-order valence-electron chi connectivity index (χ4n) is 2.90. The van der Waals surface area contributed by atoms with Crippen molar-refractivity contribution in [1.82, 2.24) is 14.5 Å². The second-order valence-corrected chi connectivity index (χ2v) is 7.31. The van der Waals surface area contributed by atoms with E-state index < -0.39 is 10.0 Å². The third-order valence-corrected chi connectivity index (χ3v) is 5.04. The van der Waals surface area contributed by atoms with E-state index in [1.54, 1.807) is 16.7 Å². The van der Waals surface area contributed by atoms with Crippen molar-refractivity contribution in [3.05, 3.63) is 77.5 Å². The molecule has 2 heterocycles. The number of nitrogens with one attached hydrogen (secondary N) is 1. The quantitative estimate of drug-likeness (QED) is 0.578. The van der Waals surface area contributed by atoms with Crippen LogP contribution in [0, 0.1) is 0 Å². The molecule has 0 aliphatic carbocycles. The number of primary sulfonamides is 1. The van der Waals surface area contributed by atoms with Crippen molar-refractivity contribution in [2.45, 2.75) is 4.90 Å². The molecule has 0 atom stereocenters. The van der Waals surface area contributed by atoms with E-state index in [0.29, 0.717) is 11.0 Å². The summed E-state index contributed by atoms with van der Waals surface area (Å²) in [6, 6.07) is 15.6. The Morgan fingerprint density at radius 2 is 1.69 bits per heavy atom. The molecule has 0 aliphatic rings. The topological polar surface area (TPSA) is 111 Å². The molecule has 0 unspecified atom stereocenters. The van der Waals surface area contributed by atoms with Gasteiger partial charge >= 0.3 is 0 Å². The van der Waals surface area contributed by atoms with Crippen molar-refractivity contribution in [3.63, 3.8) is 0 Å². The molecule has 2 aromatic heterocycles. The molecule has 3 N–H and O–H groups in total. The van der Waals surface area contributed by atoms with E-state index in [1.807, 2.05) is 36.5 Å². The van der Waals surface area contributed by atoms with Crippen LogP contribution in [-0.4, -0.2) is 23.0 Å². The molecule has 130 valence electrons. The summed E-state index contributed by atoms with van der Waals surface area (Å²) in [4.78, 5) is 19.3. The van der Waals surface area contributed by atoms with Gasteiger partial charge in [-0.3, -0.25) is 4.79 Å². The molecule has 8 heteroatoms. The maximum atomic E-state index is 12.4. The van der Waals surface area contributed by atoms with Crippen LogP contribution in [0.3, 0.4) is 0 Å². The molecule has 0 aliphatic heterocycles. The summed E-state index contributed by atoms with van der Waals surface area (Å²) >= 11 is 0. The molecule has 0 saturated carbocycles. The summed E-state index contributed by atoms with van der Waals surface area (Å²) in [6.45, 7) is 0. The number of rotatable bonds is 3. The molecule has 0 spiro atoms. The highest BCUT2D eigenvalue weighted by Crippen LogP contribution is 2.30. The molecule has 0 bridgehead atoms. The van der Waals surface area contributed by atoms with Gasteiger partial charge in [-0.25, -0.2) is 18.5 Å². The van der Waals surface area contributed by atoms with Crippen LogP contribution in [0.2, 0.25) is 0 Å². The summed E-state index contributed by atoms with van der Waals surface area (Å²) in [5, 5.41) is 5.15. The molecule has 0 radical (unpaired) electrons. The Hall–Kier alpha value is -3.23. The number of aromatic amines is 1. The van der Waals surface area contributed by atoms with Crippen LogP contribution in [0.25, 0.3) is 27.8 Å². The fourth-order valence-corrected chi connectivity index (χ4v) is 3.41. The van der Waals surface area contributed by atoms with Gasteiger partial charge in [-0.2, -0.15) is 0 Å². The predicted octanol–water partition coefficient (Wildman–Crippen LogP) is 2.03. The van der Waals surface area contributed by atoms with Crippen molar-refractivity contribution in [1.29, 1.82) is 0 Å². The number of hydrogen-bond acceptors (Lipinski definition) is 4. The van der Waals surface area contributed by atoms with Gasteiger partial charge in [0, 0.05) is 17.4 Å². The SMILES string of the molecule is NS(=O)(=O)c1ccc(-c2cn(-c3ccccc3)c3c(=O)[nH]cnc23)cc1. The third kappa shape index (κ3) is 2.71. The van der Waals surface area contributed by atoms with E-state index in [-0.39, 0.29) is 10.5 Å². The van der Waals surface area contributed by atoms with Gasteiger partial charge < -0.3 is 9.55 Å². The number of benzene rings is 2. The number of H-pyrrole nitrogens is 1. The van der Waals surface area contributed by atoms with Crippen molar-refractivity contribution in [2.75, 3.05) is 0 Å². The fraction of sp³-hybridized carbons (Fsp3) is 0. The average Bonchev–Trinajstić information content (AvgIpc) is 3.03. The molecule has 4 aromatic rings. The molecular formula is C18H14N4O3S. The number of fused-ring (bicyclic) bond motifs is 1. The third-order valence-electron chi connectivity index (χ3n) is 4.11. The number of sulfonamides is 1. The molecule has 4 rings (SSSR count). The second-order valence-electron chi connectivity index (χ2n) is 5.75. The van der Waals surface area contributed by atoms with Crippen LogP contribution >= 0.6 is 0 Å². The van der Waals surface area contributed by atoms with E-state index in [0.717, 1.165) is 16.8 Å². The van der Waals surface area contributed by atoms with E-state index in [2.05, 4.69) is 9.97 Å². The second kappa shape index (κ2) is 5.94. The Labute approximate surface area is 148 Å². The standard InChI is InChI=1S/C18H14N4O3S/c19-26(24,25)14-8-6-12(7-9-14)15-10-22(13-4-2-1-3-5-13)17-16(15)20-11-21-18(17)23/h1-11H,(H2,19,24,25)(H,20,21,23). The zero-order chi connectivity index (χ0) is 18.3. The highest BCUT2D eigenvalue weighted by atomic mass is 32.2. The van der Waals surface area contributed by atoms with Gasteiger partial charge in [0.15, 0.2) is 0 Å². The van der Waals surface area contributed by atoms with Crippen LogP contribution in [-0.2, 0) is 10.0 Å². The lowest BCUT2D eigenvalue weighted by Gasteiger charge is -2.03. The van der Waals surface area contributed by atoms with E-state index in [4.69, 9.17) is 5.14 Å². The van der Waals surface area contributed by atoms with Gasteiger partial charge in [-0.15, -0.1) is 0 Å². The lowest BCUT2D eigenvalue weighted by Crippen LogP contribution is -2.11. The first kappa shape index (κ1) is 16.2. The van der Waals surface area contributed by atoms with Gasteiger partial charge in [-0.1, -0.05) is 30.3 Å². The summed E-state index contributed by atoms with van der Waals surface area (Å²) in [6.07, 6.45) is 3.16. The molecule has 0 saturated heterocycles. The van der Waals surface area contributed by atoms with Crippen molar-refractivity contribution in [3.8, 4) is 16.8 Å². The van der Waals surface area contributed by atoms with Crippen LogP contribution in [0.15, 0.2) is 76.8 Å². The summed E-state index contributed by atoms with van der Waals surface area (Å²) in [5.74, 6) is 0. The first-order valence-electron chi connectivity index (χ1n) is 7.72. The Morgan fingerprint density at radius 1 is 1.00 bits per heavy atom. The largest absolute Gasteiger partial charge is 0.311 e. The van der Waals surface area contributed by atoms with Crippen LogP contribution in [0.1, 0.15) is 0 Å². The van der Waals surface area contributed by atoms with Gasteiger partial charge in [0.25, 0.3) is 5.56 Å². The molecule has 0 fully saturated rings. The lowest BCUT2D eigenvalue weighted by molar-refractivity contribution is 0.598. The summed E-state index contributed by atoms with van der Waals surface area (Å²) < 4.78 is 24.7. The molecule has 0 amide bonds. The van der Waals surface area contributed by atoms with Crippen LogP contribution in [0.4, 0.5) is 0 Å². The minimum absolute atomic E-state index is 0.0267. The van der Waals surface area contributed by atoms with Gasteiger partial charge in [0.2, 0.25) is 10.0 Å². The van der Waals surface area contributed by atoms with Gasteiger partial charge in [-0.05, 0) is 29.8 Å². The van der Waals surface area contributed by atoms with Gasteiger partial charge in [0.1, 0.15) is 11.0 Å². The zero-order valence-corrected chi connectivity index (χ0v) is 14.3. The number of para-hydroxylation sites is 1. The van der Waals surface area contributed by atoms with Crippen molar-refractivity contribution in [2.24, 2.45) is 5.14 Å². The number of aromatic nitrogens is 3. The monoisotopic (exact) mass is 366 g/mol. The maximum Gasteiger partial charge on any atom is 0.275 e. The van der Waals surface area contributed by atoms with Crippen molar-refractivity contribution < 1.29 is 8.42 Å². The van der Waals surface area contributed by atoms with Crippen molar-refractivity contribution >= 4 is 21.1 Å². The predicted molar refractivity (Wildman–Crippen MR) is 98.5 cm³/mol. The Bertz CT molecular complexity index is 1260. The van der Waals surface area contributed by atoms with Crippen LogP contribution in [0.5, 0.6) is 0 Å². The number of nitrogens with zero attached hydrogens (tertiary/aromatic N) is 2. The maximum absolute atomic E-state index is 12.4. The average molecular weight is 366 g/mol. The molecule has 2 aromatic carbocycles. The first-order chi connectivity index (χ1) is 12.4. The molecule has 7 nitrogen and oxygen atoms in total. The molecule has 26 heavy (non-hydrogen) atoms. The minimum Gasteiger partial charge on any atom is -0.311 e. The minimum atomic E-state index is -3.76. The van der Waals surface area contributed by atoms with Gasteiger partial charge in [0.05, 0.1) is 11.2 Å². The first-order valence-corrected chi connectivity index (χ1v) is 9.27. The Morgan fingerprint density at radius 3 is 2.35 bits per heavy atom. The Kier molecular flexibility index (Phi) is 3.71. The Balaban J connectivity index is 1.97. The molecular weight excluding hydrogens is 352 g/mol.